The summed E-state index contributed by atoms with van der Waals surface area (Å²) in [4.78, 5) is 12.1. The highest BCUT2D eigenvalue weighted by Gasteiger charge is 2.13. The third-order valence-corrected chi connectivity index (χ3v) is 3.64. The fraction of sp³-hybridized carbons (Fsp3) is 0.385. The lowest BCUT2D eigenvalue weighted by Gasteiger charge is -2.03. The Labute approximate surface area is 105 Å². The predicted octanol–water partition coefficient (Wildman–Crippen LogP) is 3.01. The van der Waals surface area contributed by atoms with Gasteiger partial charge in [0.15, 0.2) is 5.78 Å². The summed E-state index contributed by atoms with van der Waals surface area (Å²) in [6.45, 7) is 6.78. The zero-order chi connectivity index (χ0) is 12.4. The first-order chi connectivity index (χ1) is 8.11. The van der Waals surface area contributed by atoms with E-state index in [0.29, 0.717) is 6.42 Å². The van der Waals surface area contributed by atoms with Crippen LogP contribution in [0.15, 0.2) is 16.8 Å². The average Bonchev–Trinajstić information content (AvgIpc) is 2.84. The number of aryl methyl sites for hydroxylation is 3. The molecule has 0 saturated heterocycles. The maximum atomic E-state index is 12.1. The third-order valence-electron chi connectivity index (χ3n) is 2.78. The number of aromatic nitrogens is 2. The van der Waals surface area contributed by atoms with E-state index in [-0.39, 0.29) is 5.78 Å². The second-order valence-corrected chi connectivity index (χ2v) is 4.90. The van der Waals surface area contributed by atoms with Crippen molar-refractivity contribution in [3.63, 3.8) is 0 Å². The predicted molar refractivity (Wildman–Crippen MR) is 69.7 cm³/mol. The average molecular weight is 248 g/mol. The lowest BCUT2D eigenvalue weighted by Crippen LogP contribution is -2.09. The second kappa shape index (κ2) is 4.84. The van der Waals surface area contributed by atoms with Crippen molar-refractivity contribution in [2.45, 2.75) is 33.7 Å². The molecule has 0 unspecified atom stereocenters. The summed E-state index contributed by atoms with van der Waals surface area (Å²) >= 11 is 1.58. The molecule has 3 nitrogen and oxygen atoms in total. The normalized spacial score (nSPS) is 10.8. The van der Waals surface area contributed by atoms with Gasteiger partial charge in [0, 0.05) is 23.2 Å². The van der Waals surface area contributed by atoms with Crippen LogP contribution in [0.5, 0.6) is 0 Å². The largest absolute Gasteiger partial charge is 0.294 e. The van der Waals surface area contributed by atoms with Crippen LogP contribution >= 0.6 is 11.3 Å². The van der Waals surface area contributed by atoms with Crippen LogP contribution in [-0.2, 0) is 13.0 Å². The van der Waals surface area contributed by atoms with E-state index in [0.717, 1.165) is 29.1 Å². The Kier molecular flexibility index (Phi) is 3.43. The number of carbonyl (C=O) groups is 1. The molecule has 0 fully saturated rings. The quantitative estimate of drug-likeness (QED) is 0.780. The maximum Gasteiger partial charge on any atom is 0.169 e. The number of rotatable bonds is 4. The smallest absolute Gasteiger partial charge is 0.169 e. The first-order valence-electron chi connectivity index (χ1n) is 5.71. The minimum absolute atomic E-state index is 0.179. The first-order valence-corrected chi connectivity index (χ1v) is 6.65. The summed E-state index contributed by atoms with van der Waals surface area (Å²) in [6, 6.07) is 1.99. The van der Waals surface area contributed by atoms with Crippen LogP contribution in [-0.4, -0.2) is 15.6 Å². The number of carbonyl (C=O) groups excluding carboxylic acids is 1. The molecule has 2 rings (SSSR count). The molecule has 17 heavy (non-hydrogen) atoms. The molecule has 0 bridgehead atoms. The summed E-state index contributed by atoms with van der Waals surface area (Å²) in [5.41, 5.74) is 3.88. The molecule has 0 aromatic carbocycles. The highest BCUT2D eigenvalue weighted by molar-refractivity contribution is 7.08. The lowest BCUT2D eigenvalue weighted by atomic mass is 10.1. The van der Waals surface area contributed by atoms with Crippen molar-refractivity contribution in [3.05, 3.63) is 39.3 Å². The Bertz CT molecular complexity index is 539. The SMILES string of the molecule is CCn1nc(C)cc1CC(=O)c1cscc1C. The minimum Gasteiger partial charge on any atom is -0.294 e. The first kappa shape index (κ1) is 12.0. The van der Waals surface area contributed by atoms with E-state index in [1.807, 2.05) is 42.3 Å². The molecule has 2 aromatic heterocycles. The van der Waals surface area contributed by atoms with Gasteiger partial charge in [-0.2, -0.15) is 16.4 Å². The van der Waals surface area contributed by atoms with Gasteiger partial charge in [-0.3, -0.25) is 9.48 Å². The van der Waals surface area contributed by atoms with Gasteiger partial charge in [0.2, 0.25) is 0 Å². The zero-order valence-electron chi connectivity index (χ0n) is 10.4. The van der Waals surface area contributed by atoms with Gasteiger partial charge in [0.1, 0.15) is 0 Å². The van der Waals surface area contributed by atoms with E-state index < -0.39 is 0 Å². The maximum absolute atomic E-state index is 12.1. The molecule has 4 heteroatoms. The second-order valence-electron chi connectivity index (χ2n) is 4.16. The van der Waals surface area contributed by atoms with Gasteiger partial charge >= 0.3 is 0 Å². The van der Waals surface area contributed by atoms with E-state index >= 15 is 0 Å². The van der Waals surface area contributed by atoms with E-state index in [2.05, 4.69) is 5.10 Å². The number of hydrogen-bond donors (Lipinski definition) is 0. The van der Waals surface area contributed by atoms with Crippen LogP contribution in [0.3, 0.4) is 0 Å². The van der Waals surface area contributed by atoms with Crippen molar-refractivity contribution in [3.8, 4) is 0 Å². The van der Waals surface area contributed by atoms with Crippen LogP contribution in [0.1, 0.15) is 34.2 Å². The monoisotopic (exact) mass is 248 g/mol. The van der Waals surface area contributed by atoms with E-state index in [1.54, 1.807) is 11.3 Å². The fourth-order valence-corrected chi connectivity index (χ4v) is 2.77. The number of nitrogens with zero attached hydrogens (tertiary/aromatic N) is 2. The number of thiophene rings is 1. The van der Waals surface area contributed by atoms with Gasteiger partial charge in [0.25, 0.3) is 0 Å². The van der Waals surface area contributed by atoms with Crippen molar-refractivity contribution in [2.24, 2.45) is 0 Å². The highest BCUT2D eigenvalue weighted by Crippen LogP contribution is 2.17. The standard InChI is InChI=1S/C13H16N2OS/c1-4-15-11(5-10(3)14-15)6-13(16)12-8-17-7-9(12)2/h5,7-8H,4,6H2,1-3H3. The number of Topliss-reactive ketones (excluding diaryl/α,β-unsaturated/α-hetero) is 1. The molecule has 0 saturated carbocycles. The van der Waals surface area contributed by atoms with Gasteiger partial charge in [-0.25, -0.2) is 0 Å². The molecule has 0 aliphatic heterocycles. The molecule has 2 aromatic rings. The fourth-order valence-electron chi connectivity index (χ4n) is 1.92. The molecule has 0 N–H and O–H groups in total. The summed E-state index contributed by atoms with van der Waals surface area (Å²) in [5.74, 6) is 0.179. The minimum atomic E-state index is 0.179. The topological polar surface area (TPSA) is 34.9 Å². The Morgan fingerprint density at radius 1 is 1.41 bits per heavy atom. The van der Waals surface area contributed by atoms with Crippen molar-refractivity contribution in [1.82, 2.24) is 9.78 Å². The molecule has 0 aliphatic rings. The Morgan fingerprint density at radius 3 is 2.76 bits per heavy atom. The van der Waals surface area contributed by atoms with E-state index in [9.17, 15) is 4.79 Å². The van der Waals surface area contributed by atoms with Gasteiger partial charge in [-0.1, -0.05) is 0 Å². The Morgan fingerprint density at radius 2 is 2.18 bits per heavy atom. The molecule has 2 heterocycles. The number of ketones is 1. The molecule has 0 aliphatic carbocycles. The summed E-state index contributed by atoms with van der Waals surface area (Å²) in [5, 5.41) is 8.29. The van der Waals surface area contributed by atoms with Crippen LogP contribution in [0.4, 0.5) is 0 Å². The molecule has 90 valence electrons. The van der Waals surface area contributed by atoms with Crippen LogP contribution in [0.25, 0.3) is 0 Å². The summed E-state index contributed by atoms with van der Waals surface area (Å²) in [6.07, 6.45) is 0.437. The third kappa shape index (κ3) is 2.47. The van der Waals surface area contributed by atoms with Crippen molar-refractivity contribution >= 4 is 17.1 Å². The molecular formula is C13H16N2OS. The number of hydrogen-bond acceptors (Lipinski definition) is 3. The summed E-state index contributed by atoms with van der Waals surface area (Å²) < 4.78 is 1.90. The van der Waals surface area contributed by atoms with Crippen LogP contribution < -0.4 is 0 Å². The highest BCUT2D eigenvalue weighted by atomic mass is 32.1. The van der Waals surface area contributed by atoms with Crippen molar-refractivity contribution in [2.75, 3.05) is 0 Å². The van der Waals surface area contributed by atoms with Gasteiger partial charge in [-0.05, 0) is 37.8 Å². The van der Waals surface area contributed by atoms with Gasteiger partial charge in [-0.15, -0.1) is 0 Å². The Balaban J connectivity index is 2.21. The molecule has 0 amide bonds. The zero-order valence-corrected chi connectivity index (χ0v) is 11.2. The molecule has 0 radical (unpaired) electrons. The van der Waals surface area contributed by atoms with Crippen molar-refractivity contribution in [1.29, 1.82) is 0 Å². The van der Waals surface area contributed by atoms with Crippen molar-refractivity contribution < 1.29 is 4.79 Å². The lowest BCUT2D eigenvalue weighted by molar-refractivity contribution is 0.0990. The molecular weight excluding hydrogens is 232 g/mol. The molecule has 0 spiro atoms. The Hall–Kier alpha value is -1.42. The summed E-state index contributed by atoms with van der Waals surface area (Å²) in [7, 11) is 0. The van der Waals surface area contributed by atoms with E-state index in [4.69, 9.17) is 0 Å². The van der Waals surface area contributed by atoms with E-state index in [1.165, 1.54) is 0 Å². The van der Waals surface area contributed by atoms with Crippen LogP contribution in [0, 0.1) is 13.8 Å². The van der Waals surface area contributed by atoms with Crippen LogP contribution in [0.2, 0.25) is 0 Å². The molecule has 0 atom stereocenters. The van der Waals surface area contributed by atoms with Gasteiger partial charge in [0.05, 0.1) is 12.1 Å². The van der Waals surface area contributed by atoms with Gasteiger partial charge < -0.3 is 0 Å².